The zero-order chi connectivity index (χ0) is 20.5. The van der Waals surface area contributed by atoms with E-state index in [-0.39, 0.29) is 0 Å². The third-order valence-electron chi connectivity index (χ3n) is 6.32. The molecule has 6 nitrogen and oxygen atoms in total. The van der Waals surface area contributed by atoms with Gasteiger partial charge in [0.1, 0.15) is 5.75 Å². The first-order valence-electron chi connectivity index (χ1n) is 11.3. The van der Waals surface area contributed by atoms with Crippen LogP contribution in [-0.4, -0.2) is 81.8 Å². The van der Waals surface area contributed by atoms with Gasteiger partial charge in [-0.25, -0.2) is 0 Å². The Kier molecular flexibility index (Phi) is 8.47. The van der Waals surface area contributed by atoms with Crippen LogP contribution in [0.4, 0.5) is 5.69 Å². The van der Waals surface area contributed by atoms with Gasteiger partial charge < -0.3 is 24.8 Å². The second-order valence-corrected chi connectivity index (χ2v) is 8.23. The SMILES string of the molecule is CN=C(NCCCCN1CCCCC1C)N1CCN(c2ccc(OC)cc2)CC1. The molecule has 0 amide bonds. The molecule has 3 rings (SSSR count). The van der Waals surface area contributed by atoms with E-state index in [0.717, 1.165) is 50.5 Å². The maximum Gasteiger partial charge on any atom is 0.193 e. The van der Waals surface area contributed by atoms with Gasteiger partial charge in [-0.3, -0.25) is 4.99 Å². The molecule has 6 heteroatoms. The molecule has 1 aromatic carbocycles. The molecule has 162 valence electrons. The highest BCUT2D eigenvalue weighted by atomic mass is 16.5. The van der Waals surface area contributed by atoms with Gasteiger partial charge in [-0.2, -0.15) is 0 Å². The van der Waals surface area contributed by atoms with Crippen LogP contribution in [-0.2, 0) is 0 Å². The number of nitrogens with one attached hydrogen (secondary N) is 1. The summed E-state index contributed by atoms with van der Waals surface area (Å²) in [5.41, 5.74) is 1.26. The first-order valence-corrected chi connectivity index (χ1v) is 11.3. The average Bonchev–Trinajstić information content (AvgIpc) is 2.78. The van der Waals surface area contributed by atoms with Crippen LogP contribution in [0.25, 0.3) is 0 Å². The third kappa shape index (κ3) is 6.26. The molecule has 2 aliphatic heterocycles. The summed E-state index contributed by atoms with van der Waals surface area (Å²) in [5, 5.41) is 3.58. The largest absolute Gasteiger partial charge is 0.497 e. The number of unbranched alkanes of at least 4 members (excludes halogenated alkanes) is 1. The summed E-state index contributed by atoms with van der Waals surface area (Å²) in [6.45, 7) is 9.93. The molecule has 2 fully saturated rings. The van der Waals surface area contributed by atoms with Crippen molar-refractivity contribution >= 4 is 11.6 Å². The fourth-order valence-corrected chi connectivity index (χ4v) is 4.43. The molecular formula is C23H39N5O. The van der Waals surface area contributed by atoms with E-state index in [4.69, 9.17) is 4.74 Å². The lowest BCUT2D eigenvalue weighted by Crippen LogP contribution is -2.52. The van der Waals surface area contributed by atoms with Crippen molar-refractivity contribution in [2.24, 2.45) is 4.99 Å². The topological polar surface area (TPSA) is 43.3 Å². The molecule has 0 bridgehead atoms. The number of hydrogen-bond donors (Lipinski definition) is 1. The molecular weight excluding hydrogens is 362 g/mol. The van der Waals surface area contributed by atoms with E-state index in [1.54, 1.807) is 7.11 Å². The van der Waals surface area contributed by atoms with Crippen molar-refractivity contribution in [2.45, 2.75) is 45.1 Å². The first-order chi connectivity index (χ1) is 14.2. The van der Waals surface area contributed by atoms with Gasteiger partial charge in [0.2, 0.25) is 0 Å². The van der Waals surface area contributed by atoms with Crippen LogP contribution in [0, 0.1) is 0 Å². The van der Waals surface area contributed by atoms with Gasteiger partial charge in [-0.15, -0.1) is 0 Å². The lowest BCUT2D eigenvalue weighted by Gasteiger charge is -2.37. The number of anilines is 1. The lowest BCUT2D eigenvalue weighted by molar-refractivity contribution is 0.158. The summed E-state index contributed by atoms with van der Waals surface area (Å²) < 4.78 is 5.26. The number of nitrogens with zero attached hydrogens (tertiary/aromatic N) is 4. The molecule has 2 heterocycles. The van der Waals surface area contributed by atoms with Crippen LogP contribution in [0.15, 0.2) is 29.3 Å². The van der Waals surface area contributed by atoms with Gasteiger partial charge in [-0.1, -0.05) is 6.42 Å². The molecule has 1 aromatic rings. The molecule has 2 saturated heterocycles. The lowest BCUT2D eigenvalue weighted by atomic mass is 10.0. The van der Waals surface area contributed by atoms with E-state index in [0.29, 0.717) is 0 Å². The fraction of sp³-hybridized carbons (Fsp3) is 0.696. The fourth-order valence-electron chi connectivity index (χ4n) is 4.43. The predicted octanol–water partition coefficient (Wildman–Crippen LogP) is 3.05. The zero-order valence-electron chi connectivity index (χ0n) is 18.6. The Morgan fingerprint density at radius 3 is 2.48 bits per heavy atom. The van der Waals surface area contributed by atoms with E-state index < -0.39 is 0 Å². The highest BCUT2D eigenvalue weighted by Gasteiger charge is 2.20. The van der Waals surface area contributed by atoms with Crippen molar-refractivity contribution in [2.75, 3.05) is 64.9 Å². The Labute approximate surface area is 176 Å². The van der Waals surface area contributed by atoms with E-state index >= 15 is 0 Å². The number of aliphatic imine (C=N–C) groups is 1. The molecule has 0 saturated carbocycles. The Morgan fingerprint density at radius 1 is 1.07 bits per heavy atom. The summed E-state index contributed by atoms with van der Waals surface area (Å²) in [7, 11) is 3.61. The number of ether oxygens (including phenoxy) is 1. The molecule has 0 aromatic heterocycles. The Balaban J connectivity index is 1.35. The zero-order valence-corrected chi connectivity index (χ0v) is 18.6. The Hall–Kier alpha value is -1.95. The highest BCUT2D eigenvalue weighted by molar-refractivity contribution is 5.80. The number of piperidine rings is 1. The summed E-state index contributed by atoms with van der Waals surface area (Å²) in [6, 6.07) is 9.13. The number of guanidine groups is 1. The first kappa shape index (κ1) is 21.8. The standard InChI is InChI=1S/C23H39N5O/c1-20-8-4-6-14-26(20)15-7-5-13-25-23(24-2)28-18-16-27(17-19-28)21-9-11-22(29-3)12-10-21/h9-12,20H,4-8,13-19H2,1-3H3,(H,24,25). The smallest absolute Gasteiger partial charge is 0.193 e. The maximum absolute atomic E-state index is 5.26. The molecule has 0 aliphatic carbocycles. The molecule has 1 atom stereocenters. The maximum atomic E-state index is 5.26. The van der Waals surface area contributed by atoms with Crippen LogP contribution in [0.3, 0.4) is 0 Å². The number of piperazine rings is 1. The molecule has 29 heavy (non-hydrogen) atoms. The van der Waals surface area contributed by atoms with Crippen molar-refractivity contribution in [3.05, 3.63) is 24.3 Å². The van der Waals surface area contributed by atoms with Gasteiger partial charge >= 0.3 is 0 Å². The minimum absolute atomic E-state index is 0.770. The number of methoxy groups -OCH3 is 1. The van der Waals surface area contributed by atoms with Gasteiger partial charge in [0.15, 0.2) is 5.96 Å². The number of likely N-dealkylation sites (tertiary alicyclic amines) is 1. The summed E-state index contributed by atoms with van der Waals surface area (Å²) in [5.74, 6) is 1.96. The van der Waals surface area contributed by atoms with Gasteiger partial charge in [0.05, 0.1) is 7.11 Å². The summed E-state index contributed by atoms with van der Waals surface area (Å²) >= 11 is 0. The number of hydrogen-bond acceptors (Lipinski definition) is 4. The third-order valence-corrected chi connectivity index (χ3v) is 6.32. The van der Waals surface area contributed by atoms with Crippen LogP contribution in [0.5, 0.6) is 5.75 Å². The Morgan fingerprint density at radius 2 is 1.83 bits per heavy atom. The summed E-state index contributed by atoms with van der Waals surface area (Å²) in [4.78, 5) is 12.0. The monoisotopic (exact) mass is 401 g/mol. The molecule has 0 radical (unpaired) electrons. The van der Waals surface area contributed by atoms with Crippen LogP contribution in [0.2, 0.25) is 0 Å². The molecule has 2 aliphatic rings. The minimum Gasteiger partial charge on any atom is -0.497 e. The van der Waals surface area contributed by atoms with Gasteiger partial charge in [-0.05, 0) is 70.0 Å². The second kappa shape index (κ2) is 11.3. The van der Waals surface area contributed by atoms with E-state index in [2.05, 4.69) is 44.1 Å². The number of benzene rings is 1. The van der Waals surface area contributed by atoms with Crippen molar-refractivity contribution in [3.8, 4) is 5.75 Å². The van der Waals surface area contributed by atoms with Crippen LogP contribution >= 0.6 is 0 Å². The summed E-state index contributed by atoms with van der Waals surface area (Å²) in [6.07, 6.45) is 6.61. The van der Waals surface area contributed by atoms with Crippen LogP contribution < -0.4 is 15.0 Å². The Bertz CT molecular complexity index is 625. The minimum atomic E-state index is 0.770. The number of rotatable bonds is 7. The quantitative estimate of drug-likeness (QED) is 0.432. The van der Waals surface area contributed by atoms with Crippen molar-refractivity contribution in [3.63, 3.8) is 0 Å². The van der Waals surface area contributed by atoms with E-state index in [1.165, 1.54) is 50.9 Å². The van der Waals surface area contributed by atoms with E-state index in [9.17, 15) is 0 Å². The van der Waals surface area contributed by atoms with E-state index in [1.807, 2.05) is 19.2 Å². The van der Waals surface area contributed by atoms with Gasteiger partial charge in [0, 0.05) is 51.5 Å². The molecule has 0 spiro atoms. The van der Waals surface area contributed by atoms with Crippen molar-refractivity contribution < 1.29 is 4.74 Å². The molecule has 1 unspecified atom stereocenters. The molecule has 1 N–H and O–H groups in total. The van der Waals surface area contributed by atoms with Gasteiger partial charge in [0.25, 0.3) is 0 Å². The highest BCUT2D eigenvalue weighted by Crippen LogP contribution is 2.20. The van der Waals surface area contributed by atoms with Crippen LogP contribution in [0.1, 0.15) is 39.0 Å². The van der Waals surface area contributed by atoms with Crippen molar-refractivity contribution in [1.82, 2.24) is 15.1 Å². The normalized spacial score (nSPS) is 21.3. The van der Waals surface area contributed by atoms with Crippen molar-refractivity contribution in [1.29, 1.82) is 0 Å². The second-order valence-electron chi connectivity index (χ2n) is 8.23. The average molecular weight is 402 g/mol. The predicted molar refractivity (Wildman–Crippen MR) is 122 cm³/mol.